The molecular formula is C29H40BrCl. The van der Waals surface area contributed by atoms with Crippen molar-refractivity contribution in [3.8, 4) is 11.1 Å². The van der Waals surface area contributed by atoms with E-state index in [0.717, 1.165) is 16.9 Å². The zero-order valence-electron chi connectivity index (χ0n) is 19.9. The Morgan fingerprint density at radius 1 is 0.774 bits per heavy atom. The Bertz CT molecular complexity index is 784. The molecule has 31 heavy (non-hydrogen) atoms. The summed E-state index contributed by atoms with van der Waals surface area (Å²) >= 11 is 10.4. The summed E-state index contributed by atoms with van der Waals surface area (Å²) in [5, 5.41) is 0.873. The van der Waals surface area contributed by atoms with Crippen LogP contribution in [0.3, 0.4) is 0 Å². The largest absolute Gasteiger partial charge is 0.0843 e. The van der Waals surface area contributed by atoms with Gasteiger partial charge < -0.3 is 0 Å². The third-order valence-corrected chi connectivity index (χ3v) is 8.37. The van der Waals surface area contributed by atoms with Crippen LogP contribution in [0.1, 0.15) is 103 Å². The number of hydrogen-bond donors (Lipinski definition) is 0. The first kappa shape index (κ1) is 24.8. The minimum Gasteiger partial charge on any atom is -0.0843 e. The Morgan fingerprint density at radius 3 is 1.81 bits per heavy atom. The molecule has 0 fully saturated rings. The minimum atomic E-state index is 0.0716. The summed E-state index contributed by atoms with van der Waals surface area (Å²) < 4.78 is 1.19. The van der Waals surface area contributed by atoms with Gasteiger partial charge >= 0.3 is 0 Å². The third kappa shape index (κ3) is 5.41. The standard InChI is InChI=1S/C29H40BrCl/c1-5-9-11-21(7-3)19-29(20-22(8-4)12-10-6-2)27-17-23(30)13-15-25(27)26-16-14-24(31)18-28(26)29/h13-18,21-22H,5-12,19-20H2,1-4H3. The molecule has 0 saturated carbocycles. The van der Waals surface area contributed by atoms with Crippen LogP contribution in [0.15, 0.2) is 40.9 Å². The molecule has 0 spiro atoms. The normalized spacial score (nSPS) is 19.2. The summed E-state index contributed by atoms with van der Waals surface area (Å²) in [6.07, 6.45) is 12.9. The SMILES string of the molecule is CCCCC(CC)CC1(CC(CC)CCCC)c2cc(Cl)ccc2-c2ccc(Br)cc21. The highest BCUT2D eigenvalue weighted by Crippen LogP contribution is 2.57. The van der Waals surface area contributed by atoms with Crippen LogP contribution in [0, 0.1) is 11.8 Å². The van der Waals surface area contributed by atoms with Crippen LogP contribution in [-0.4, -0.2) is 0 Å². The first-order valence-electron chi connectivity index (χ1n) is 12.6. The minimum absolute atomic E-state index is 0.0716. The van der Waals surface area contributed by atoms with Gasteiger partial charge in [0.1, 0.15) is 0 Å². The summed E-state index contributed by atoms with van der Waals surface area (Å²) in [6, 6.07) is 13.6. The average molecular weight is 504 g/mol. The van der Waals surface area contributed by atoms with Gasteiger partial charge in [-0.1, -0.05) is 119 Å². The summed E-state index contributed by atoms with van der Waals surface area (Å²) in [4.78, 5) is 0. The van der Waals surface area contributed by atoms with Crippen molar-refractivity contribution in [1.29, 1.82) is 0 Å². The van der Waals surface area contributed by atoms with Crippen LogP contribution in [-0.2, 0) is 5.41 Å². The number of fused-ring (bicyclic) bond motifs is 3. The van der Waals surface area contributed by atoms with Gasteiger partial charge in [0.25, 0.3) is 0 Å². The molecule has 3 rings (SSSR count). The average Bonchev–Trinajstić information content (AvgIpc) is 3.02. The second-order valence-corrected chi connectivity index (χ2v) is 11.1. The van der Waals surface area contributed by atoms with Crippen LogP contribution < -0.4 is 0 Å². The summed E-state index contributed by atoms with van der Waals surface area (Å²) in [6.45, 7) is 9.41. The van der Waals surface area contributed by atoms with Gasteiger partial charge in [0, 0.05) is 14.9 Å². The topological polar surface area (TPSA) is 0 Å². The fraction of sp³-hybridized carbons (Fsp3) is 0.586. The number of rotatable bonds is 12. The van der Waals surface area contributed by atoms with Gasteiger partial charge in [-0.05, 0) is 71.2 Å². The van der Waals surface area contributed by atoms with Gasteiger partial charge in [-0.25, -0.2) is 0 Å². The number of halogens is 2. The van der Waals surface area contributed by atoms with Crippen molar-refractivity contribution in [1.82, 2.24) is 0 Å². The molecule has 0 saturated heterocycles. The van der Waals surface area contributed by atoms with Gasteiger partial charge in [-0.15, -0.1) is 0 Å². The lowest BCUT2D eigenvalue weighted by Crippen LogP contribution is -2.31. The highest BCUT2D eigenvalue weighted by Gasteiger charge is 2.45. The molecule has 0 bridgehead atoms. The maximum atomic E-state index is 6.62. The molecule has 0 aromatic heterocycles. The van der Waals surface area contributed by atoms with Crippen molar-refractivity contribution in [2.24, 2.45) is 11.8 Å². The lowest BCUT2D eigenvalue weighted by molar-refractivity contribution is 0.266. The molecule has 1 aliphatic carbocycles. The van der Waals surface area contributed by atoms with E-state index in [1.54, 1.807) is 0 Å². The first-order valence-corrected chi connectivity index (χ1v) is 13.8. The molecule has 1 aliphatic rings. The van der Waals surface area contributed by atoms with Gasteiger partial charge in [0.2, 0.25) is 0 Å². The van der Waals surface area contributed by atoms with Crippen LogP contribution in [0.4, 0.5) is 0 Å². The molecule has 0 amide bonds. The Hall–Kier alpha value is -0.790. The lowest BCUT2D eigenvalue weighted by atomic mass is 9.65. The Labute approximate surface area is 204 Å². The molecule has 0 nitrogen and oxygen atoms in total. The van der Waals surface area contributed by atoms with Crippen molar-refractivity contribution in [3.63, 3.8) is 0 Å². The van der Waals surface area contributed by atoms with Crippen LogP contribution in [0.25, 0.3) is 11.1 Å². The second kappa shape index (κ2) is 11.4. The number of hydrogen-bond acceptors (Lipinski definition) is 0. The van der Waals surface area contributed by atoms with E-state index in [9.17, 15) is 0 Å². The number of unbranched alkanes of at least 4 members (excludes halogenated alkanes) is 2. The molecular weight excluding hydrogens is 464 g/mol. The maximum absolute atomic E-state index is 6.62. The predicted molar refractivity (Wildman–Crippen MR) is 141 cm³/mol. The van der Waals surface area contributed by atoms with E-state index < -0.39 is 0 Å². The van der Waals surface area contributed by atoms with E-state index >= 15 is 0 Å². The van der Waals surface area contributed by atoms with Crippen molar-refractivity contribution < 1.29 is 0 Å². The highest BCUT2D eigenvalue weighted by molar-refractivity contribution is 9.10. The molecule has 2 unspecified atom stereocenters. The fourth-order valence-electron chi connectivity index (χ4n) is 5.84. The third-order valence-electron chi connectivity index (χ3n) is 7.65. The molecule has 0 aliphatic heterocycles. The highest BCUT2D eigenvalue weighted by atomic mass is 79.9. The molecule has 2 aromatic carbocycles. The van der Waals surface area contributed by atoms with Crippen molar-refractivity contribution >= 4 is 27.5 Å². The zero-order chi connectivity index (χ0) is 22.4. The quantitative estimate of drug-likeness (QED) is 0.270. The zero-order valence-corrected chi connectivity index (χ0v) is 22.3. The molecule has 2 aromatic rings. The van der Waals surface area contributed by atoms with E-state index in [2.05, 4.69) is 80.0 Å². The van der Waals surface area contributed by atoms with E-state index in [4.69, 9.17) is 11.6 Å². The summed E-state index contributed by atoms with van der Waals surface area (Å²) in [7, 11) is 0. The van der Waals surface area contributed by atoms with E-state index in [1.807, 2.05) is 0 Å². The van der Waals surface area contributed by atoms with E-state index in [0.29, 0.717) is 0 Å². The Balaban J connectivity index is 2.16. The van der Waals surface area contributed by atoms with Crippen LogP contribution in [0.5, 0.6) is 0 Å². The molecule has 2 heteroatoms. The molecule has 170 valence electrons. The maximum Gasteiger partial charge on any atom is 0.0409 e. The molecule has 0 heterocycles. The number of benzene rings is 2. The predicted octanol–water partition coefficient (Wildman–Crippen LogP) is 10.6. The van der Waals surface area contributed by atoms with Gasteiger partial charge in [0.05, 0.1) is 0 Å². The molecule has 2 atom stereocenters. The van der Waals surface area contributed by atoms with Gasteiger partial charge in [-0.2, -0.15) is 0 Å². The van der Waals surface area contributed by atoms with E-state index in [1.165, 1.54) is 90.9 Å². The Morgan fingerprint density at radius 2 is 1.29 bits per heavy atom. The van der Waals surface area contributed by atoms with Crippen LogP contribution >= 0.6 is 27.5 Å². The van der Waals surface area contributed by atoms with E-state index in [-0.39, 0.29) is 5.41 Å². The monoisotopic (exact) mass is 502 g/mol. The van der Waals surface area contributed by atoms with Crippen LogP contribution in [0.2, 0.25) is 5.02 Å². The van der Waals surface area contributed by atoms with Crippen molar-refractivity contribution in [2.45, 2.75) is 97.3 Å². The Kier molecular flexibility index (Phi) is 9.11. The first-order chi connectivity index (χ1) is 15.0. The van der Waals surface area contributed by atoms with Gasteiger partial charge in [-0.3, -0.25) is 0 Å². The molecule has 0 radical (unpaired) electrons. The summed E-state index contributed by atoms with van der Waals surface area (Å²) in [5.41, 5.74) is 5.91. The van der Waals surface area contributed by atoms with Crippen molar-refractivity contribution in [2.75, 3.05) is 0 Å². The second-order valence-electron chi connectivity index (χ2n) is 9.70. The van der Waals surface area contributed by atoms with Gasteiger partial charge in [0.15, 0.2) is 0 Å². The fourth-order valence-corrected chi connectivity index (χ4v) is 6.37. The van der Waals surface area contributed by atoms with Crippen molar-refractivity contribution in [3.05, 3.63) is 57.0 Å². The summed E-state index contributed by atoms with van der Waals surface area (Å²) in [5.74, 6) is 1.50. The lowest BCUT2D eigenvalue weighted by Gasteiger charge is -2.38. The molecule has 0 N–H and O–H groups in total. The smallest absolute Gasteiger partial charge is 0.0409 e.